The molecule has 2 rings (SSSR count). The quantitative estimate of drug-likeness (QED) is 0.676. The maximum Gasteiger partial charge on any atom is 0.0621 e. The highest BCUT2D eigenvalue weighted by Gasteiger charge is 2.27. The largest absolute Gasteiger partial charge is 0.380 e. The molecule has 0 aromatic carbocycles. The van der Waals surface area contributed by atoms with Crippen LogP contribution in [0, 0.1) is 0 Å². The average Bonchev–Trinajstić information content (AvgIpc) is 2.18. The van der Waals surface area contributed by atoms with Crippen molar-refractivity contribution in [3.05, 3.63) is 0 Å². The van der Waals surface area contributed by atoms with E-state index in [2.05, 4.69) is 24.1 Å². The number of nitrogens with one attached hydrogen (secondary N) is 1. The molecular formula is C11H22N2O. The van der Waals surface area contributed by atoms with Crippen molar-refractivity contribution in [2.45, 2.75) is 44.8 Å². The number of rotatable bonds is 1. The zero-order valence-electron chi connectivity index (χ0n) is 9.33. The van der Waals surface area contributed by atoms with E-state index in [0.29, 0.717) is 18.1 Å². The highest BCUT2D eigenvalue weighted by Crippen LogP contribution is 2.16. The SMILES string of the molecule is CC1CN(C2CCCOC2)CC(C)N1. The maximum absolute atomic E-state index is 5.54. The molecule has 3 heteroatoms. The third-order valence-electron chi connectivity index (χ3n) is 3.24. The summed E-state index contributed by atoms with van der Waals surface area (Å²) in [5.74, 6) is 0. The van der Waals surface area contributed by atoms with Crippen LogP contribution in [-0.4, -0.2) is 49.3 Å². The highest BCUT2D eigenvalue weighted by molar-refractivity contribution is 4.85. The molecular weight excluding hydrogens is 176 g/mol. The van der Waals surface area contributed by atoms with E-state index in [9.17, 15) is 0 Å². The number of hydrogen-bond acceptors (Lipinski definition) is 3. The van der Waals surface area contributed by atoms with Crippen LogP contribution in [0.25, 0.3) is 0 Å². The second kappa shape index (κ2) is 4.60. The molecule has 3 atom stereocenters. The van der Waals surface area contributed by atoms with E-state index in [1.807, 2.05) is 0 Å². The predicted molar refractivity (Wildman–Crippen MR) is 57.5 cm³/mol. The van der Waals surface area contributed by atoms with Crippen molar-refractivity contribution in [3.63, 3.8) is 0 Å². The average molecular weight is 198 g/mol. The van der Waals surface area contributed by atoms with Gasteiger partial charge in [-0.2, -0.15) is 0 Å². The van der Waals surface area contributed by atoms with Crippen LogP contribution >= 0.6 is 0 Å². The van der Waals surface area contributed by atoms with Crippen LogP contribution in [0.15, 0.2) is 0 Å². The van der Waals surface area contributed by atoms with Crippen LogP contribution in [0.1, 0.15) is 26.7 Å². The molecule has 2 saturated heterocycles. The first kappa shape index (κ1) is 10.4. The minimum atomic E-state index is 0.626. The second-order valence-corrected chi connectivity index (χ2v) is 4.79. The smallest absolute Gasteiger partial charge is 0.0621 e. The number of ether oxygens (including phenoxy) is 1. The van der Waals surface area contributed by atoms with Gasteiger partial charge in [-0.15, -0.1) is 0 Å². The fourth-order valence-electron chi connectivity index (χ4n) is 2.68. The van der Waals surface area contributed by atoms with Gasteiger partial charge in [0.1, 0.15) is 0 Å². The molecule has 0 aliphatic carbocycles. The molecule has 3 unspecified atom stereocenters. The standard InChI is InChI=1S/C11H22N2O/c1-9-6-13(7-10(2)12-9)11-4-3-5-14-8-11/h9-12H,3-8H2,1-2H3. The van der Waals surface area contributed by atoms with Gasteiger partial charge in [-0.25, -0.2) is 0 Å². The molecule has 0 aromatic heterocycles. The summed E-state index contributed by atoms with van der Waals surface area (Å²) in [6.45, 7) is 8.81. The van der Waals surface area contributed by atoms with Gasteiger partial charge in [0.25, 0.3) is 0 Å². The van der Waals surface area contributed by atoms with Crippen LogP contribution in [-0.2, 0) is 4.74 Å². The number of nitrogens with zero attached hydrogens (tertiary/aromatic N) is 1. The molecule has 3 nitrogen and oxygen atoms in total. The summed E-state index contributed by atoms with van der Waals surface area (Å²) in [6.07, 6.45) is 2.55. The van der Waals surface area contributed by atoms with Crippen LogP contribution in [0.3, 0.4) is 0 Å². The van der Waals surface area contributed by atoms with Gasteiger partial charge in [0.2, 0.25) is 0 Å². The Morgan fingerprint density at radius 1 is 1.21 bits per heavy atom. The monoisotopic (exact) mass is 198 g/mol. The first-order chi connectivity index (χ1) is 6.75. The van der Waals surface area contributed by atoms with Crippen molar-refractivity contribution in [2.24, 2.45) is 0 Å². The van der Waals surface area contributed by atoms with E-state index >= 15 is 0 Å². The molecule has 2 fully saturated rings. The van der Waals surface area contributed by atoms with Gasteiger partial charge in [-0.1, -0.05) is 0 Å². The first-order valence-electron chi connectivity index (χ1n) is 5.83. The Labute approximate surface area is 86.8 Å². The van der Waals surface area contributed by atoms with Crippen LogP contribution in [0.5, 0.6) is 0 Å². The number of piperazine rings is 1. The van der Waals surface area contributed by atoms with Crippen molar-refractivity contribution >= 4 is 0 Å². The Balaban J connectivity index is 1.88. The number of hydrogen-bond donors (Lipinski definition) is 1. The normalized spacial score (nSPS) is 41.1. The lowest BCUT2D eigenvalue weighted by Gasteiger charge is -2.42. The van der Waals surface area contributed by atoms with Gasteiger partial charge >= 0.3 is 0 Å². The molecule has 14 heavy (non-hydrogen) atoms. The van der Waals surface area contributed by atoms with E-state index in [-0.39, 0.29) is 0 Å². The van der Waals surface area contributed by atoms with Crippen molar-refractivity contribution in [1.82, 2.24) is 10.2 Å². The van der Waals surface area contributed by atoms with Gasteiger partial charge in [-0.05, 0) is 26.7 Å². The summed E-state index contributed by atoms with van der Waals surface area (Å²) in [7, 11) is 0. The van der Waals surface area contributed by atoms with E-state index < -0.39 is 0 Å². The minimum Gasteiger partial charge on any atom is -0.380 e. The molecule has 0 amide bonds. The lowest BCUT2D eigenvalue weighted by molar-refractivity contribution is 0.00221. The summed E-state index contributed by atoms with van der Waals surface area (Å²) in [5.41, 5.74) is 0. The van der Waals surface area contributed by atoms with E-state index in [1.54, 1.807) is 0 Å². The van der Waals surface area contributed by atoms with Gasteiger partial charge in [0, 0.05) is 37.8 Å². The Morgan fingerprint density at radius 3 is 2.50 bits per heavy atom. The van der Waals surface area contributed by atoms with Crippen LogP contribution in [0.2, 0.25) is 0 Å². The molecule has 2 aliphatic heterocycles. The zero-order valence-corrected chi connectivity index (χ0v) is 9.33. The topological polar surface area (TPSA) is 24.5 Å². The highest BCUT2D eigenvalue weighted by atomic mass is 16.5. The molecule has 2 aliphatic rings. The van der Waals surface area contributed by atoms with Crippen molar-refractivity contribution in [2.75, 3.05) is 26.3 Å². The van der Waals surface area contributed by atoms with E-state index in [0.717, 1.165) is 13.2 Å². The summed E-state index contributed by atoms with van der Waals surface area (Å²) in [5, 5.41) is 3.57. The maximum atomic E-state index is 5.54. The van der Waals surface area contributed by atoms with Crippen LogP contribution < -0.4 is 5.32 Å². The summed E-state index contributed by atoms with van der Waals surface area (Å²) >= 11 is 0. The molecule has 2 heterocycles. The first-order valence-corrected chi connectivity index (χ1v) is 5.83. The Bertz CT molecular complexity index is 170. The second-order valence-electron chi connectivity index (χ2n) is 4.79. The Kier molecular flexibility index (Phi) is 3.42. The lowest BCUT2D eigenvalue weighted by atomic mass is 10.0. The third kappa shape index (κ3) is 2.47. The van der Waals surface area contributed by atoms with Crippen LogP contribution in [0.4, 0.5) is 0 Å². The zero-order chi connectivity index (χ0) is 9.97. The summed E-state index contributed by atoms with van der Waals surface area (Å²) in [4.78, 5) is 2.60. The lowest BCUT2D eigenvalue weighted by Crippen LogP contribution is -2.58. The van der Waals surface area contributed by atoms with E-state index in [4.69, 9.17) is 4.74 Å². The molecule has 0 bridgehead atoms. The van der Waals surface area contributed by atoms with Crippen molar-refractivity contribution in [3.8, 4) is 0 Å². The third-order valence-corrected chi connectivity index (χ3v) is 3.24. The van der Waals surface area contributed by atoms with Gasteiger partial charge < -0.3 is 10.1 Å². The van der Waals surface area contributed by atoms with Crippen molar-refractivity contribution in [1.29, 1.82) is 0 Å². The minimum absolute atomic E-state index is 0.626. The molecule has 0 saturated carbocycles. The Morgan fingerprint density at radius 2 is 1.93 bits per heavy atom. The summed E-state index contributed by atoms with van der Waals surface area (Å²) in [6, 6.07) is 1.93. The summed E-state index contributed by atoms with van der Waals surface area (Å²) < 4.78 is 5.54. The predicted octanol–water partition coefficient (Wildman–Crippen LogP) is 0.848. The van der Waals surface area contributed by atoms with E-state index in [1.165, 1.54) is 25.9 Å². The van der Waals surface area contributed by atoms with Gasteiger partial charge in [-0.3, -0.25) is 4.90 Å². The fourth-order valence-corrected chi connectivity index (χ4v) is 2.68. The van der Waals surface area contributed by atoms with Crippen molar-refractivity contribution < 1.29 is 4.74 Å². The molecule has 0 aromatic rings. The fraction of sp³-hybridized carbons (Fsp3) is 1.00. The van der Waals surface area contributed by atoms with Gasteiger partial charge in [0.05, 0.1) is 6.61 Å². The molecule has 0 spiro atoms. The molecule has 1 N–H and O–H groups in total. The van der Waals surface area contributed by atoms with Gasteiger partial charge in [0.15, 0.2) is 0 Å². The molecule has 0 radical (unpaired) electrons. The molecule has 82 valence electrons. The Hall–Kier alpha value is -0.120.